The highest BCUT2D eigenvalue weighted by Gasteiger charge is 2.15. The van der Waals surface area contributed by atoms with Crippen LogP contribution in [0.5, 0.6) is 0 Å². The van der Waals surface area contributed by atoms with Gasteiger partial charge in [0.25, 0.3) is 0 Å². The molecule has 134 valence electrons. The van der Waals surface area contributed by atoms with Gasteiger partial charge in [0.05, 0.1) is 12.8 Å². The maximum Gasteiger partial charge on any atom is 0.341 e. The molecule has 0 aliphatic carbocycles. The minimum Gasteiger partial charge on any atom is -0.465 e. The number of fused-ring (bicyclic) bond motifs is 1. The molecule has 4 rings (SSSR count). The van der Waals surface area contributed by atoms with E-state index < -0.39 is 5.97 Å². The normalized spacial score (nSPS) is 10.7. The summed E-state index contributed by atoms with van der Waals surface area (Å²) < 4.78 is 6.54. The van der Waals surface area contributed by atoms with Crippen LogP contribution in [-0.4, -0.2) is 37.6 Å². The molecular formula is C19H16N6O2. The van der Waals surface area contributed by atoms with E-state index in [2.05, 4.69) is 25.4 Å². The molecule has 0 bridgehead atoms. The Labute approximate surface area is 154 Å². The molecule has 4 heterocycles. The molecule has 0 aliphatic rings. The predicted molar refractivity (Wildman–Crippen MR) is 99.8 cm³/mol. The number of nitrogens with one attached hydrogen (secondary N) is 1. The van der Waals surface area contributed by atoms with Gasteiger partial charge in [0.15, 0.2) is 5.82 Å². The second-order valence-electron chi connectivity index (χ2n) is 5.82. The molecule has 0 aromatic carbocycles. The number of carbonyl (C=O) groups is 1. The van der Waals surface area contributed by atoms with E-state index in [4.69, 9.17) is 4.74 Å². The van der Waals surface area contributed by atoms with Gasteiger partial charge in [-0.15, -0.1) is 5.10 Å². The van der Waals surface area contributed by atoms with Gasteiger partial charge in [-0.1, -0.05) is 6.07 Å². The quantitative estimate of drug-likeness (QED) is 0.559. The third-order valence-electron chi connectivity index (χ3n) is 3.99. The smallest absolute Gasteiger partial charge is 0.341 e. The van der Waals surface area contributed by atoms with Gasteiger partial charge in [-0.25, -0.2) is 19.3 Å². The average molecular weight is 360 g/mol. The van der Waals surface area contributed by atoms with Crippen LogP contribution in [0.15, 0.2) is 55.0 Å². The highest BCUT2D eigenvalue weighted by atomic mass is 16.5. The van der Waals surface area contributed by atoms with Crippen LogP contribution in [0.25, 0.3) is 17.0 Å². The fourth-order valence-electron chi connectivity index (χ4n) is 2.71. The maximum atomic E-state index is 12.0. The van der Waals surface area contributed by atoms with Gasteiger partial charge in [0, 0.05) is 24.3 Å². The first-order valence-corrected chi connectivity index (χ1v) is 8.24. The molecule has 27 heavy (non-hydrogen) atoms. The first kappa shape index (κ1) is 16.6. The Morgan fingerprint density at radius 3 is 2.85 bits per heavy atom. The molecule has 0 unspecified atom stereocenters. The zero-order valence-electron chi connectivity index (χ0n) is 14.7. The Balaban J connectivity index is 1.83. The Morgan fingerprint density at radius 2 is 2.04 bits per heavy atom. The maximum absolute atomic E-state index is 12.0. The van der Waals surface area contributed by atoms with E-state index in [0.717, 1.165) is 11.2 Å². The van der Waals surface area contributed by atoms with Gasteiger partial charge in [-0.05, 0) is 37.3 Å². The van der Waals surface area contributed by atoms with Gasteiger partial charge in [-0.2, -0.15) is 0 Å². The molecule has 0 atom stereocenters. The topological polar surface area (TPSA) is 94.3 Å². The number of aryl methyl sites for hydroxylation is 1. The van der Waals surface area contributed by atoms with E-state index >= 15 is 0 Å². The average Bonchev–Trinajstić information content (AvgIpc) is 3.17. The van der Waals surface area contributed by atoms with E-state index in [-0.39, 0.29) is 0 Å². The molecular weight excluding hydrogens is 344 g/mol. The SMILES string of the molecule is COC(=O)c1cnccc1Nc1nc(-c2cccc(C)n2)nn2cccc12. The summed E-state index contributed by atoms with van der Waals surface area (Å²) >= 11 is 0. The second-order valence-corrected chi connectivity index (χ2v) is 5.82. The summed E-state index contributed by atoms with van der Waals surface area (Å²) in [6.45, 7) is 1.91. The molecule has 1 N–H and O–H groups in total. The van der Waals surface area contributed by atoms with Crippen LogP contribution in [0.3, 0.4) is 0 Å². The standard InChI is InChI=1S/C19H16N6O2/c1-12-5-3-6-15(21-12)17-23-18(16-7-4-10-25(16)24-17)22-14-8-9-20-11-13(14)19(26)27-2/h3-11H,1-2H3,(H,20,22,23,24). The number of hydrogen-bond acceptors (Lipinski definition) is 7. The van der Waals surface area contributed by atoms with Crippen molar-refractivity contribution in [3.8, 4) is 11.5 Å². The van der Waals surface area contributed by atoms with Crippen LogP contribution in [-0.2, 0) is 4.74 Å². The van der Waals surface area contributed by atoms with Crippen molar-refractivity contribution >= 4 is 23.0 Å². The van der Waals surface area contributed by atoms with Crippen LogP contribution in [0, 0.1) is 6.92 Å². The number of rotatable bonds is 4. The van der Waals surface area contributed by atoms with Gasteiger partial charge in [0.2, 0.25) is 5.82 Å². The number of carbonyl (C=O) groups excluding carboxylic acids is 1. The summed E-state index contributed by atoms with van der Waals surface area (Å²) in [6.07, 6.45) is 4.87. The number of esters is 1. The first-order chi connectivity index (χ1) is 13.2. The van der Waals surface area contributed by atoms with Crippen LogP contribution >= 0.6 is 0 Å². The van der Waals surface area contributed by atoms with Crippen LogP contribution in [0.1, 0.15) is 16.1 Å². The van der Waals surface area contributed by atoms with Crippen LogP contribution in [0.2, 0.25) is 0 Å². The lowest BCUT2D eigenvalue weighted by atomic mass is 10.2. The van der Waals surface area contributed by atoms with Crippen molar-refractivity contribution in [1.82, 2.24) is 24.6 Å². The summed E-state index contributed by atoms with van der Waals surface area (Å²) in [5.41, 5.74) is 3.16. The van der Waals surface area contributed by atoms with Crippen molar-refractivity contribution in [2.45, 2.75) is 6.92 Å². The molecule has 8 heteroatoms. The molecule has 8 nitrogen and oxygen atoms in total. The van der Waals surface area contributed by atoms with Crippen molar-refractivity contribution in [2.24, 2.45) is 0 Å². The van der Waals surface area contributed by atoms with Gasteiger partial charge in [-0.3, -0.25) is 4.98 Å². The molecule has 0 amide bonds. The summed E-state index contributed by atoms with van der Waals surface area (Å²) in [7, 11) is 1.33. The molecule has 0 saturated heterocycles. The molecule has 0 fully saturated rings. The number of aromatic nitrogens is 5. The zero-order valence-corrected chi connectivity index (χ0v) is 14.7. The number of anilines is 2. The Bertz CT molecular complexity index is 1140. The lowest BCUT2D eigenvalue weighted by molar-refractivity contribution is 0.0601. The third kappa shape index (κ3) is 3.20. The first-order valence-electron chi connectivity index (χ1n) is 8.24. The summed E-state index contributed by atoms with van der Waals surface area (Å²) in [5, 5.41) is 7.72. The summed E-state index contributed by atoms with van der Waals surface area (Å²) in [4.78, 5) is 25.1. The minimum absolute atomic E-state index is 0.318. The zero-order chi connectivity index (χ0) is 18.8. The fourth-order valence-corrected chi connectivity index (χ4v) is 2.71. The molecule has 4 aromatic rings. The number of hydrogen-bond donors (Lipinski definition) is 1. The van der Waals surface area contributed by atoms with Crippen molar-refractivity contribution in [3.05, 3.63) is 66.2 Å². The number of ether oxygens (including phenoxy) is 1. The van der Waals surface area contributed by atoms with Crippen LogP contribution < -0.4 is 5.32 Å². The Morgan fingerprint density at radius 1 is 1.15 bits per heavy atom. The van der Waals surface area contributed by atoms with Gasteiger partial charge >= 0.3 is 5.97 Å². The lowest BCUT2D eigenvalue weighted by Crippen LogP contribution is -2.09. The largest absolute Gasteiger partial charge is 0.465 e. The van der Waals surface area contributed by atoms with E-state index in [1.807, 2.05) is 43.5 Å². The number of pyridine rings is 2. The number of methoxy groups -OCH3 is 1. The summed E-state index contributed by atoms with van der Waals surface area (Å²) in [5.74, 6) is 0.537. The summed E-state index contributed by atoms with van der Waals surface area (Å²) in [6, 6.07) is 11.1. The van der Waals surface area contributed by atoms with E-state index in [0.29, 0.717) is 28.6 Å². The van der Waals surface area contributed by atoms with E-state index in [1.165, 1.54) is 13.3 Å². The van der Waals surface area contributed by atoms with Crippen LogP contribution in [0.4, 0.5) is 11.5 Å². The Hall–Kier alpha value is -3.81. The Kier molecular flexibility index (Phi) is 4.21. The van der Waals surface area contributed by atoms with E-state index in [9.17, 15) is 4.79 Å². The van der Waals surface area contributed by atoms with Gasteiger partial charge < -0.3 is 10.1 Å². The second kappa shape index (κ2) is 6.83. The number of nitrogens with zero attached hydrogens (tertiary/aromatic N) is 5. The monoisotopic (exact) mass is 360 g/mol. The van der Waals surface area contributed by atoms with Crippen molar-refractivity contribution < 1.29 is 9.53 Å². The highest BCUT2D eigenvalue weighted by Crippen LogP contribution is 2.25. The molecule has 0 radical (unpaired) electrons. The van der Waals surface area contributed by atoms with Gasteiger partial charge in [0.1, 0.15) is 16.8 Å². The third-order valence-corrected chi connectivity index (χ3v) is 3.99. The fraction of sp³-hybridized carbons (Fsp3) is 0.105. The van der Waals surface area contributed by atoms with Crippen molar-refractivity contribution in [1.29, 1.82) is 0 Å². The minimum atomic E-state index is -0.480. The predicted octanol–water partition coefficient (Wildman–Crippen LogP) is 3.02. The van der Waals surface area contributed by atoms with Crippen molar-refractivity contribution in [2.75, 3.05) is 12.4 Å². The van der Waals surface area contributed by atoms with E-state index in [1.54, 1.807) is 16.8 Å². The molecule has 0 saturated carbocycles. The lowest BCUT2D eigenvalue weighted by Gasteiger charge is -2.12. The van der Waals surface area contributed by atoms with Crippen molar-refractivity contribution in [3.63, 3.8) is 0 Å². The molecule has 4 aromatic heterocycles. The highest BCUT2D eigenvalue weighted by molar-refractivity contribution is 5.96. The molecule has 0 aliphatic heterocycles. The molecule has 0 spiro atoms.